The van der Waals surface area contributed by atoms with Crippen molar-refractivity contribution in [3.63, 3.8) is 0 Å². The first-order valence-corrected chi connectivity index (χ1v) is 6.56. The maximum atomic E-state index is 6.11. The van der Waals surface area contributed by atoms with Crippen LogP contribution < -0.4 is 4.57 Å². The van der Waals surface area contributed by atoms with Gasteiger partial charge in [-0.3, -0.25) is 0 Å². The molecule has 0 saturated heterocycles. The first-order valence-electron chi connectivity index (χ1n) is 5.03. The van der Waals surface area contributed by atoms with E-state index in [1.807, 2.05) is 18.0 Å². The molecule has 1 nitrogen and oxygen atoms in total. The Morgan fingerprint density at radius 2 is 2.21 bits per heavy atom. The summed E-state index contributed by atoms with van der Waals surface area (Å²) < 4.78 is 2.14. The van der Waals surface area contributed by atoms with Crippen molar-refractivity contribution < 1.29 is 4.57 Å². The second-order valence-corrected chi connectivity index (χ2v) is 4.71. The Kier molecular flexibility index (Phi) is 5.34. The minimum atomic E-state index is 0.882. The summed E-state index contributed by atoms with van der Waals surface area (Å²) in [5.74, 6) is 2.21. The number of halogens is 1. The van der Waals surface area contributed by atoms with Gasteiger partial charge in [-0.05, 0) is 24.2 Å². The highest BCUT2D eigenvalue weighted by Gasteiger charge is 2.05. The van der Waals surface area contributed by atoms with E-state index in [2.05, 4.69) is 30.7 Å². The molecule has 1 rings (SSSR count). The summed E-state index contributed by atoms with van der Waals surface area (Å²) >= 11 is 8.05. The zero-order chi connectivity index (χ0) is 10.4. The van der Waals surface area contributed by atoms with Gasteiger partial charge in [0.15, 0.2) is 18.3 Å². The van der Waals surface area contributed by atoms with Gasteiger partial charge in [0.05, 0.1) is 0 Å². The van der Waals surface area contributed by atoms with Crippen molar-refractivity contribution in [1.29, 1.82) is 0 Å². The molecule has 0 atom stereocenters. The predicted octanol–water partition coefficient (Wildman–Crippen LogP) is 3.29. The summed E-state index contributed by atoms with van der Waals surface area (Å²) in [6.45, 7) is 4.32. The van der Waals surface area contributed by atoms with Crippen molar-refractivity contribution in [1.82, 2.24) is 0 Å². The molecule has 0 amide bonds. The van der Waals surface area contributed by atoms with E-state index < -0.39 is 0 Å². The maximum Gasteiger partial charge on any atom is 0.194 e. The van der Waals surface area contributed by atoms with Gasteiger partial charge < -0.3 is 0 Å². The SMILES string of the molecule is CCCSC[n+]1ccc(CC)c(Cl)c1. The average molecular weight is 231 g/mol. The van der Waals surface area contributed by atoms with Gasteiger partial charge in [0.1, 0.15) is 5.02 Å². The number of aromatic nitrogens is 1. The zero-order valence-electron chi connectivity index (χ0n) is 8.79. The highest BCUT2D eigenvalue weighted by atomic mass is 35.5. The van der Waals surface area contributed by atoms with Crippen LogP contribution in [0.1, 0.15) is 25.8 Å². The molecule has 0 aromatic carbocycles. The van der Waals surface area contributed by atoms with Crippen LogP contribution in [0.3, 0.4) is 0 Å². The molecule has 0 fully saturated rings. The maximum absolute atomic E-state index is 6.11. The van der Waals surface area contributed by atoms with Gasteiger partial charge in [-0.15, -0.1) is 0 Å². The summed E-state index contributed by atoms with van der Waals surface area (Å²) in [6, 6.07) is 2.11. The summed E-state index contributed by atoms with van der Waals surface area (Å²) in [4.78, 5) is 0. The molecule has 0 bridgehead atoms. The monoisotopic (exact) mass is 230 g/mol. The molecular formula is C11H17ClNS+. The molecule has 0 aliphatic carbocycles. The highest BCUT2D eigenvalue weighted by molar-refractivity contribution is 7.98. The second-order valence-electron chi connectivity index (χ2n) is 3.22. The Bertz CT molecular complexity index is 289. The fraction of sp³-hybridized carbons (Fsp3) is 0.545. The quantitative estimate of drug-likeness (QED) is 0.555. The molecule has 0 saturated carbocycles. The molecular weight excluding hydrogens is 214 g/mol. The standard InChI is InChI=1S/C11H17ClNS/c1-3-7-14-9-13-6-5-10(4-2)11(12)8-13/h5-6,8H,3-4,7,9H2,1-2H3/q+1. The summed E-state index contributed by atoms with van der Waals surface area (Å²) in [7, 11) is 0. The summed E-state index contributed by atoms with van der Waals surface area (Å²) in [6.07, 6.45) is 6.35. The number of hydrogen-bond acceptors (Lipinski definition) is 1. The van der Waals surface area contributed by atoms with Gasteiger partial charge in [0.25, 0.3) is 0 Å². The Morgan fingerprint density at radius 3 is 2.79 bits per heavy atom. The third kappa shape index (κ3) is 3.50. The Hall–Kier alpha value is -0.210. The van der Waals surface area contributed by atoms with E-state index in [-0.39, 0.29) is 0 Å². The first-order chi connectivity index (χ1) is 6.77. The lowest BCUT2D eigenvalue weighted by atomic mass is 10.2. The largest absolute Gasteiger partial charge is 0.194 e. The third-order valence-electron chi connectivity index (χ3n) is 2.02. The molecule has 3 heteroatoms. The predicted molar refractivity (Wildman–Crippen MR) is 63.8 cm³/mol. The molecule has 0 spiro atoms. The number of aryl methyl sites for hydroxylation is 1. The minimum Gasteiger partial charge on any atom is -0.194 e. The molecule has 0 aliphatic heterocycles. The van der Waals surface area contributed by atoms with Crippen LogP contribution in [0.15, 0.2) is 18.5 Å². The number of pyridine rings is 1. The van der Waals surface area contributed by atoms with E-state index in [0.717, 1.165) is 17.3 Å². The molecule has 14 heavy (non-hydrogen) atoms. The lowest BCUT2D eigenvalue weighted by Gasteiger charge is -2.00. The average Bonchev–Trinajstić information content (AvgIpc) is 2.18. The van der Waals surface area contributed by atoms with Crippen molar-refractivity contribution in [2.75, 3.05) is 5.75 Å². The molecule has 0 N–H and O–H groups in total. The van der Waals surface area contributed by atoms with Gasteiger partial charge in [-0.2, -0.15) is 4.57 Å². The Labute approximate surface area is 95.5 Å². The van der Waals surface area contributed by atoms with Crippen LogP contribution in [0.25, 0.3) is 0 Å². The van der Waals surface area contributed by atoms with E-state index in [1.165, 1.54) is 17.7 Å². The third-order valence-corrected chi connectivity index (χ3v) is 3.54. The van der Waals surface area contributed by atoms with Crippen LogP contribution in [0.5, 0.6) is 0 Å². The van der Waals surface area contributed by atoms with Crippen LogP contribution in [0.4, 0.5) is 0 Å². The lowest BCUT2D eigenvalue weighted by molar-refractivity contribution is -0.675. The molecule has 0 unspecified atom stereocenters. The van der Waals surface area contributed by atoms with Gasteiger partial charge in [0.2, 0.25) is 0 Å². The summed E-state index contributed by atoms with van der Waals surface area (Å²) in [5, 5.41) is 0.882. The summed E-state index contributed by atoms with van der Waals surface area (Å²) in [5.41, 5.74) is 1.23. The van der Waals surface area contributed by atoms with E-state index in [9.17, 15) is 0 Å². The van der Waals surface area contributed by atoms with Crippen molar-refractivity contribution in [2.24, 2.45) is 0 Å². The Morgan fingerprint density at radius 1 is 1.43 bits per heavy atom. The molecule has 1 aromatic heterocycles. The number of hydrogen-bond donors (Lipinski definition) is 0. The van der Waals surface area contributed by atoms with Crippen LogP contribution in [0.2, 0.25) is 5.02 Å². The van der Waals surface area contributed by atoms with Crippen LogP contribution in [-0.2, 0) is 12.3 Å². The van der Waals surface area contributed by atoms with Crippen LogP contribution >= 0.6 is 23.4 Å². The highest BCUT2D eigenvalue weighted by Crippen LogP contribution is 2.13. The van der Waals surface area contributed by atoms with Gasteiger partial charge in [-0.1, -0.05) is 37.2 Å². The smallest absolute Gasteiger partial charge is 0.194 e. The zero-order valence-corrected chi connectivity index (χ0v) is 10.4. The van der Waals surface area contributed by atoms with Crippen molar-refractivity contribution in [3.05, 3.63) is 29.0 Å². The van der Waals surface area contributed by atoms with Crippen molar-refractivity contribution >= 4 is 23.4 Å². The fourth-order valence-electron chi connectivity index (χ4n) is 1.22. The number of rotatable bonds is 5. The van der Waals surface area contributed by atoms with Gasteiger partial charge >= 0.3 is 0 Å². The van der Waals surface area contributed by atoms with Crippen molar-refractivity contribution in [2.45, 2.75) is 32.6 Å². The normalized spacial score (nSPS) is 10.5. The van der Waals surface area contributed by atoms with Crippen molar-refractivity contribution in [3.8, 4) is 0 Å². The lowest BCUT2D eigenvalue weighted by Crippen LogP contribution is -2.31. The number of thioether (sulfide) groups is 1. The van der Waals surface area contributed by atoms with Gasteiger partial charge in [-0.25, -0.2) is 0 Å². The topological polar surface area (TPSA) is 3.88 Å². The molecule has 0 aliphatic rings. The fourth-order valence-corrected chi connectivity index (χ4v) is 2.33. The molecule has 0 radical (unpaired) electrons. The molecule has 1 heterocycles. The van der Waals surface area contributed by atoms with Gasteiger partial charge in [0, 0.05) is 6.07 Å². The molecule has 78 valence electrons. The van der Waals surface area contributed by atoms with E-state index >= 15 is 0 Å². The first kappa shape index (κ1) is 11.9. The van der Waals surface area contributed by atoms with E-state index in [1.54, 1.807) is 0 Å². The Balaban J connectivity index is 2.57. The van der Waals surface area contributed by atoms with Crippen LogP contribution in [-0.4, -0.2) is 5.75 Å². The minimum absolute atomic E-state index is 0.882. The van der Waals surface area contributed by atoms with Crippen LogP contribution in [0, 0.1) is 0 Å². The molecule has 1 aromatic rings. The van der Waals surface area contributed by atoms with E-state index in [0.29, 0.717) is 0 Å². The van der Waals surface area contributed by atoms with E-state index in [4.69, 9.17) is 11.6 Å². The second kappa shape index (κ2) is 6.31. The number of nitrogens with zero attached hydrogens (tertiary/aromatic N) is 1.